The van der Waals surface area contributed by atoms with Crippen LogP contribution in [-0.4, -0.2) is 21.0 Å². The van der Waals surface area contributed by atoms with Crippen molar-refractivity contribution < 1.29 is 14.6 Å². The largest absolute Gasteiger partial charge is 0.481 e. The summed E-state index contributed by atoms with van der Waals surface area (Å²) in [7, 11) is 0. The molecule has 0 radical (unpaired) electrons. The smallest absolute Gasteiger partial charge is 0.303 e. The topological polar surface area (TPSA) is 75.2 Å². The number of aromatic amines is 1. The van der Waals surface area contributed by atoms with Crippen LogP contribution in [0.4, 0.5) is 0 Å². The van der Waals surface area contributed by atoms with E-state index in [1.807, 2.05) is 30.3 Å². The van der Waals surface area contributed by atoms with Crippen LogP contribution in [0.1, 0.15) is 23.1 Å². The zero-order valence-electron chi connectivity index (χ0n) is 17.0. The first-order valence-corrected chi connectivity index (χ1v) is 11.3. The van der Waals surface area contributed by atoms with Gasteiger partial charge in [-0.2, -0.15) is 0 Å². The molecule has 31 heavy (non-hydrogen) atoms. The molecule has 158 valence electrons. The minimum absolute atomic E-state index is 0.0818. The molecule has 0 aliphatic rings. The van der Waals surface area contributed by atoms with Crippen LogP contribution in [0.25, 0.3) is 22.4 Å². The maximum absolute atomic E-state index is 10.8. The number of hydrogen-bond acceptors (Lipinski definition) is 3. The first-order chi connectivity index (χ1) is 14.8. The van der Waals surface area contributed by atoms with Gasteiger partial charge < -0.3 is 14.8 Å². The summed E-state index contributed by atoms with van der Waals surface area (Å²) in [6, 6.07) is 15.8. The molecule has 4 rings (SSSR count). The molecule has 0 atom stereocenters. The van der Waals surface area contributed by atoms with E-state index in [1.165, 1.54) is 11.1 Å². The molecule has 1 heterocycles. The Morgan fingerprint density at radius 3 is 2.45 bits per heavy atom. The second kappa shape index (κ2) is 8.85. The Kier molecular flexibility index (Phi) is 6.16. The van der Waals surface area contributed by atoms with Gasteiger partial charge in [0, 0.05) is 18.1 Å². The highest BCUT2D eigenvalue weighted by Crippen LogP contribution is 2.38. The van der Waals surface area contributed by atoms with E-state index in [1.54, 1.807) is 0 Å². The van der Waals surface area contributed by atoms with E-state index >= 15 is 0 Å². The van der Waals surface area contributed by atoms with Gasteiger partial charge >= 0.3 is 5.97 Å². The number of aryl methyl sites for hydroxylation is 3. The van der Waals surface area contributed by atoms with Gasteiger partial charge in [-0.1, -0.05) is 12.1 Å². The van der Waals surface area contributed by atoms with E-state index in [-0.39, 0.29) is 6.42 Å². The second-order valence-electron chi connectivity index (χ2n) is 7.45. The van der Waals surface area contributed by atoms with Crippen molar-refractivity contribution in [1.29, 1.82) is 0 Å². The maximum Gasteiger partial charge on any atom is 0.303 e. The SMILES string of the molecule is Cc1ccc(-c2nc3ccc(Oc4c(Br)cc(CCC(=O)O)cc4Br)cc3[nH]2)cc1C. The lowest BCUT2D eigenvalue weighted by molar-refractivity contribution is -0.136. The van der Waals surface area contributed by atoms with Crippen molar-refractivity contribution in [2.75, 3.05) is 0 Å². The summed E-state index contributed by atoms with van der Waals surface area (Å²) in [6.45, 7) is 4.19. The molecule has 4 aromatic rings. The Balaban J connectivity index is 1.60. The lowest BCUT2D eigenvalue weighted by Crippen LogP contribution is -1.98. The first-order valence-electron chi connectivity index (χ1n) is 9.75. The molecule has 3 aromatic carbocycles. The number of carboxylic acids is 1. The molecular formula is C24H20Br2N2O3. The first kappa shape index (κ1) is 21.6. The zero-order valence-corrected chi connectivity index (χ0v) is 20.2. The average Bonchev–Trinajstić information content (AvgIpc) is 3.14. The molecule has 0 fully saturated rings. The van der Waals surface area contributed by atoms with Gasteiger partial charge in [0.25, 0.3) is 0 Å². The number of aliphatic carboxylic acids is 1. The van der Waals surface area contributed by atoms with Crippen LogP contribution in [-0.2, 0) is 11.2 Å². The zero-order chi connectivity index (χ0) is 22.1. The Morgan fingerprint density at radius 1 is 1.03 bits per heavy atom. The quantitative estimate of drug-likeness (QED) is 0.270. The number of carboxylic acid groups (broad SMARTS) is 1. The van der Waals surface area contributed by atoms with Gasteiger partial charge in [0.05, 0.1) is 20.0 Å². The summed E-state index contributed by atoms with van der Waals surface area (Å²) in [5.41, 5.74) is 6.18. The summed E-state index contributed by atoms with van der Waals surface area (Å²) in [5.74, 6) is 1.30. The van der Waals surface area contributed by atoms with Crippen LogP contribution in [0.3, 0.4) is 0 Å². The Hall–Kier alpha value is -2.64. The summed E-state index contributed by atoms with van der Waals surface area (Å²) in [5, 5.41) is 8.89. The molecule has 0 amide bonds. The standard InChI is InChI=1S/C24H20Br2N2O3/c1-13-3-5-16(9-14(13)2)24-27-20-7-6-17(12-21(20)28-24)31-23-18(25)10-15(11-19(23)26)4-8-22(29)30/h3,5-7,9-12H,4,8H2,1-2H3,(H,27,28)(H,29,30). The van der Waals surface area contributed by atoms with Gasteiger partial charge in [0.15, 0.2) is 5.75 Å². The number of nitrogens with one attached hydrogen (secondary N) is 1. The van der Waals surface area contributed by atoms with Crippen molar-refractivity contribution in [3.05, 3.63) is 74.2 Å². The molecule has 0 saturated carbocycles. The van der Waals surface area contributed by atoms with Crippen molar-refractivity contribution in [3.63, 3.8) is 0 Å². The van der Waals surface area contributed by atoms with Crippen molar-refractivity contribution in [2.45, 2.75) is 26.7 Å². The number of ether oxygens (including phenoxy) is 1. The number of halogens is 2. The molecule has 0 aliphatic heterocycles. The monoisotopic (exact) mass is 542 g/mol. The third kappa shape index (κ3) is 4.83. The highest BCUT2D eigenvalue weighted by molar-refractivity contribution is 9.11. The number of aromatic nitrogens is 2. The van der Waals surface area contributed by atoms with Crippen LogP contribution in [0.15, 0.2) is 57.5 Å². The fraction of sp³-hybridized carbons (Fsp3) is 0.167. The fourth-order valence-corrected chi connectivity index (χ4v) is 4.74. The minimum Gasteiger partial charge on any atom is -0.481 e. The van der Waals surface area contributed by atoms with Gasteiger partial charge in [0.1, 0.15) is 11.6 Å². The predicted octanol–water partition coefficient (Wildman–Crippen LogP) is 7.18. The predicted molar refractivity (Wildman–Crippen MR) is 129 cm³/mol. The molecule has 0 unspecified atom stereocenters. The third-order valence-electron chi connectivity index (χ3n) is 5.14. The molecule has 0 spiro atoms. The van der Waals surface area contributed by atoms with Gasteiger partial charge in [-0.25, -0.2) is 4.98 Å². The van der Waals surface area contributed by atoms with E-state index in [9.17, 15) is 4.79 Å². The minimum atomic E-state index is -0.819. The molecule has 2 N–H and O–H groups in total. The molecule has 5 nitrogen and oxygen atoms in total. The molecule has 7 heteroatoms. The number of carbonyl (C=O) groups is 1. The number of H-pyrrole nitrogens is 1. The normalized spacial score (nSPS) is 11.1. The van der Waals surface area contributed by atoms with E-state index < -0.39 is 5.97 Å². The highest BCUT2D eigenvalue weighted by Gasteiger charge is 2.13. The molecule has 1 aromatic heterocycles. The highest BCUT2D eigenvalue weighted by atomic mass is 79.9. The molecule has 0 aliphatic carbocycles. The van der Waals surface area contributed by atoms with Gasteiger partial charge in [-0.3, -0.25) is 4.79 Å². The fourth-order valence-electron chi connectivity index (χ4n) is 3.30. The third-order valence-corrected chi connectivity index (χ3v) is 6.32. The van der Waals surface area contributed by atoms with E-state index in [0.29, 0.717) is 17.9 Å². The van der Waals surface area contributed by atoms with Gasteiger partial charge in [-0.05, 0) is 99.2 Å². The Morgan fingerprint density at radius 2 is 1.77 bits per heavy atom. The summed E-state index contributed by atoms with van der Waals surface area (Å²) >= 11 is 7.07. The van der Waals surface area contributed by atoms with Crippen molar-refractivity contribution in [3.8, 4) is 22.9 Å². The molecule has 0 saturated heterocycles. The van der Waals surface area contributed by atoms with Crippen LogP contribution < -0.4 is 4.74 Å². The van der Waals surface area contributed by atoms with Crippen molar-refractivity contribution in [2.24, 2.45) is 0 Å². The lowest BCUT2D eigenvalue weighted by atomic mass is 10.1. The maximum atomic E-state index is 10.8. The van der Waals surface area contributed by atoms with Crippen LogP contribution in [0.5, 0.6) is 11.5 Å². The molecule has 0 bridgehead atoms. The summed E-state index contributed by atoms with van der Waals surface area (Å²) in [4.78, 5) is 18.9. The number of imidazole rings is 1. The summed E-state index contributed by atoms with van der Waals surface area (Å²) < 4.78 is 7.63. The number of fused-ring (bicyclic) bond motifs is 1. The van der Waals surface area contributed by atoms with Crippen LogP contribution >= 0.6 is 31.9 Å². The van der Waals surface area contributed by atoms with Crippen molar-refractivity contribution >= 4 is 48.9 Å². The number of nitrogens with zero attached hydrogens (tertiary/aromatic N) is 1. The average molecular weight is 544 g/mol. The summed E-state index contributed by atoms with van der Waals surface area (Å²) in [6.07, 6.45) is 0.534. The van der Waals surface area contributed by atoms with Gasteiger partial charge in [-0.15, -0.1) is 0 Å². The molecular weight excluding hydrogens is 524 g/mol. The van der Waals surface area contributed by atoms with Crippen molar-refractivity contribution in [1.82, 2.24) is 9.97 Å². The van der Waals surface area contributed by atoms with Crippen LogP contribution in [0.2, 0.25) is 0 Å². The van der Waals surface area contributed by atoms with E-state index in [0.717, 1.165) is 36.9 Å². The van der Waals surface area contributed by atoms with E-state index in [2.05, 4.69) is 68.9 Å². The van der Waals surface area contributed by atoms with Crippen LogP contribution in [0, 0.1) is 13.8 Å². The lowest BCUT2D eigenvalue weighted by Gasteiger charge is -2.12. The number of benzene rings is 3. The Bertz CT molecular complexity index is 1270. The number of hydrogen-bond donors (Lipinski definition) is 2. The second-order valence-corrected chi connectivity index (χ2v) is 9.16. The Labute approximate surface area is 196 Å². The number of rotatable bonds is 6. The van der Waals surface area contributed by atoms with E-state index in [4.69, 9.17) is 14.8 Å². The van der Waals surface area contributed by atoms with Gasteiger partial charge in [0.2, 0.25) is 0 Å².